The van der Waals surface area contributed by atoms with E-state index in [1.807, 2.05) is 24.3 Å². The number of hydrogen-bond acceptors (Lipinski definition) is 5. The van der Waals surface area contributed by atoms with Crippen LogP contribution < -0.4 is 14.8 Å². The lowest BCUT2D eigenvalue weighted by atomic mass is 10.0. The van der Waals surface area contributed by atoms with Gasteiger partial charge >= 0.3 is 0 Å². The van der Waals surface area contributed by atoms with Gasteiger partial charge in [-0.1, -0.05) is 11.6 Å². The van der Waals surface area contributed by atoms with Gasteiger partial charge in [-0.05, 0) is 53.2 Å². The van der Waals surface area contributed by atoms with Crippen LogP contribution in [-0.2, 0) is 0 Å². The molecular weight excluding hydrogens is 440 g/mol. The number of nitrogens with one attached hydrogen (secondary N) is 1. The fourth-order valence-corrected chi connectivity index (χ4v) is 3.56. The topological polar surface area (TPSA) is 67.2 Å². The minimum absolute atomic E-state index is 0.0125. The molecule has 0 spiro atoms. The van der Waals surface area contributed by atoms with Gasteiger partial charge in [0.1, 0.15) is 18.5 Å². The Labute approximate surface area is 187 Å². The average Bonchev–Trinajstić information content (AvgIpc) is 2.78. The minimum Gasteiger partial charge on any atom is -0.493 e. The quantitative estimate of drug-likeness (QED) is 0.268. The van der Waals surface area contributed by atoms with E-state index in [1.165, 1.54) is 18.3 Å². The van der Waals surface area contributed by atoms with Crippen LogP contribution in [0, 0.1) is 17.1 Å². The third-order valence-corrected chi connectivity index (χ3v) is 5.20. The van der Waals surface area contributed by atoms with Crippen molar-refractivity contribution in [3.63, 3.8) is 0 Å². The summed E-state index contributed by atoms with van der Waals surface area (Å²) in [5.41, 5.74) is 2.13. The standard InChI is InChI=1S/C23H16Cl2FN3O2/c1-30-21-8-13-6-17-20(7-14(13)9-22(21)31-5-4-24)28-12-15(11-27)23(17)29-16-2-3-19(26)18(25)10-16/h2-3,6-10,12H,4-5H2,1H3,(H,28,29). The van der Waals surface area contributed by atoms with Gasteiger partial charge in [-0.3, -0.25) is 4.98 Å². The van der Waals surface area contributed by atoms with Crippen LogP contribution in [0.3, 0.4) is 0 Å². The number of benzene rings is 3. The van der Waals surface area contributed by atoms with Crippen LogP contribution in [0.1, 0.15) is 5.56 Å². The zero-order valence-electron chi connectivity index (χ0n) is 16.4. The van der Waals surface area contributed by atoms with Crippen LogP contribution in [0.2, 0.25) is 5.02 Å². The Morgan fingerprint density at radius 2 is 1.90 bits per heavy atom. The molecule has 0 atom stereocenters. The number of alkyl halides is 1. The molecule has 0 saturated heterocycles. The highest BCUT2D eigenvalue weighted by Gasteiger charge is 2.14. The van der Waals surface area contributed by atoms with Crippen LogP contribution in [0.15, 0.2) is 48.7 Å². The van der Waals surface area contributed by atoms with E-state index < -0.39 is 5.82 Å². The average molecular weight is 456 g/mol. The molecule has 0 amide bonds. The molecule has 0 radical (unpaired) electrons. The molecular formula is C23H16Cl2FN3O2. The number of nitriles is 1. The summed E-state index contributed by atoms with van der Waals surface area (Å²) in [5.74, 6) is 1.00. The Kier molecular flexibility index (Phi) is 5.99. The van der Waals surface area contributed by atoms with Crippen molar-refractivity contribution in [2.45, 2.75) is 0 Å². The van der Waals surface area contributed by atoms with Crippen LogP contribution in [-0.4, -0.2) is 24.6 Å². The van der Waals surface area contributed by atoms with Crippen LogP contribution >= 0.6 is 23.2 Å². The first-order valence-electron chi connectivity index (χ1n) is 9.29. The van der Waals surface area contributed by atoms with E-state index in [2.05, 4.69) is 16.4 Å². The Balaban J connectivity index is 1.89. The SMILES string of the molecule is COc1cc2cc3c(Nc4ccc(F)c(Cl)c4)c(C#N)cnc3cc2cc1OCCCl. The van der Waals surface area contributed by atoms with Crippen LogP contribution in [0.25, 0.3) is 21.7 Å². The maximum absolute atomic E-state index is 13.5. The first-order valence-corrected chi connectivity index (χ1v) is 10.2. The molecule has 0 aliphatic rings. The zero-order chi connectivity index (χ0) is 22.0. The second-order valence-corrected chi connectivity index (χ2v) is 7.45. The third-order valence-electron chi connectivity index (χ3n) is 4.75. The highest BCUT2D eigenvalue weighted by molar-refractivity contribution is 6.31. The van der Waals surface area contributed by atoms with Gasteiger partial charge in [-0.2, -0.15) is 5.26 Å². The summed E-state index contributed by atoms with van der Waals surface area (Å²) in [6.07, 6.45) is 1.50. The molecule has 0 bridgehead atoms. The molecule has 1 heterocycles. The molecule has 1 N–H and O–H groups in total. The van der Waals surface area contributed by atoms with E-state index in [9.17, 15) is 9.65 Å². The number of pyridine rings is 1. The summed E-state index contributed by atoms with van der Waals surface area (Å²) in [5, 5.41) is 15.3. The molecule has 0 fully saturated rings. The Morgan fingerprint density at radius 1 is 1.13 bits per heavy atom. The number of fused-ring (bicyclic) bond motifs is 2. The first-order chi connectivity index (χ1) is 15.0. The monoisotopic (exact) mass is 455 g/mol. The number of aromatic nitrogens is 1. The van der Waals surface area contributed by atoms with Gasteiger partial charge in [0.15, 0.2) is 11.5 Å². The molecule has 0 aliphatic heterocycles. The van der Waals surface area contributed by atoms with Gasteiger partial charge in [-0.25, -0.2) is 4.39 Å². The summed E-state index contributed by atoms with van der Waals surface area (Å²) in [6, 6.07) is 14.0. The van der Waals surface area contributed by atoms with E-state index in [0.29, 0.717) is 46.4 Å². The predicted molar refractivity (Wildman–Crippen MR) is 121 cm³/mol. The normalized spacial score (nSPS) is 10.8. The van der Waals surface area contributed by atoms with Gasteiger partial charge < -0.3 is 14.8 Å². The van der Waals surface area contributed by atoms with Gasteiger partial charge in [0.25, 0.3) is 0 Å². The molecule has 3 aromatic carbocycles. The van der Waals surface area contributed by atoms with Crippen molar-refractivity contribution < 1.29 is 13.9 Å². The molecule has 31 heavy (non-hydrogen) atoms. The van der Waals surface area contributed by atoms with E-state index in [0.717, 1.165) is 16.2 Å². The lowest BCUT2D eigenvalue weighted by Crippen LogP contribution is -2.00. The Hall–Kier alpha value is -3.27. The molecule has 4 aromatic rings. The van der Waals surface area contributed by atoms with Crippen molar-refractivity contribution >= 4 is 56.3 Å². The number of halogens is 3. The third kappa shape index (κ3) is 4.15. The number of nitrogens with zero attached hydrogens (tertiary/aromatic N) is 2. The molecule has 8 heteroatoms. The molecule has 0 unspecified atom stereocenters. The number of ether oxygens (including phenoxy) is 2. The largest absolute Gasteiger partial charge is 0.493 e. The van der Waals surface area contributed by atoms with Crippen molar-refractivity contribution in [2.75, 3.05) is 24.9 Å². The minimum atomic E-state index is -0.516. The summed E-state index contributed by atoms with van der Waals surface area (Å²) < 4.78 is 24.7. The van der Waals surface area contributed by atoms with Crippen molar-refractivity contribution in [2.24, 2.45) is 0 Å². The van der Waals surface area contributed by atoms with Crippen molar-refractivity contribution in [1.29, 1.82) is 5.26 Å². The lowest BCUT2D eigenvalue weighted by Gasteiger charge is -2.14. The van der Waals surface area contributed by atoms with E-state index in [1.54, 1.807) is 13.2 Å². The Morgan fingerprint density at radius 3 is 2.61 bits per heavy atom. The zero-order valence-corrected chi connectivity index (χ0v) is 17.9. The van der Waals surface area contributed by atoms with Gasteiger partial charge in [0.05, 0.1) is 34.8 Å². The summed E-state index contributed by atoms with van der Waals surface area (Å²) in [6.45, 7) is 0.356. The number of hydrogen-bond donors (Lipinski definition) is 1. The smallest absolute Gasteiger partial charge is 0.161 e. The Bertz CT molecular complexity index is 1340. The fraction of sp³-hybridized carbons (Fsp3) is 0.130. The van der Waals surface area contributed by atoms with Crippen molar-refractivity contribution in [1.82, 2.24) is 4.98 Å². The molecule has 156 valence electrons. The maximum Gasteiger partial charge on any atom is 0.161 e. The fourth-order valence-electron chi connectivity index (χ4n) is 3.31. The highest BCUT2D eigenvalue weighted by atomic mass is 35.5. The number of methoxy groups -OCH3 is 1. The van der Waals surface area contributed by atoms with Crippen molar-refractivity contribution in [3.8, 4) is 17.6 Å². The predicted octanol–water partition coefficient (Wildman–Crippen LogP) is 6.42. The molecule has 0 saturated carbocycles. The van der Waals surface area contributed by atoms with E-state index in [-0.39, 0.29) is 5.02 Å². The van der Waals surface area contributed by atoms with Crippen molar-refractivity contribution in [3.05, 3.63) is 65.1 Å². The second-order valence-electron chi connectivity index (χ2n) is 6.67. The first kappa shape index (κ1) is 21.0. The molecule has 5 nitrogen and oxygen atoms in total. The second kappa shape index (κ2) is 8.84. The number of anilines is 2. The van der Waals surface area contributed by atoms with Crippen LogP contribution in [0.4, 0.5) is 15.8 Å². The van der Waals surface area contributed by atoms with Crippen LogP contribution in [0.5, 0.6) is 11.5 Å². The van der Waals surface area contributed by atoms with Gasteiger partial charge in [0, 0.05) is 17.3 Å². The number of rotatable bonds is 6. The van der Waals surface area contributed by atoms with E-state index in [4.69, 9.17) is 32.7 Å². The molecule has 1 aromatic heterocycles. The highest BCUT2D eigenvalue weighted by Crippen LogP contribution is 2.37. The lowest BCUT2D eigenvalue weighted by molar-refractivity contribution is 0.313. The van der Waals surface area contributed by atoms with Gasteiger partial charge in [-0.15, -0.1) is 11.6 Å². The summed E-state index contributed by atoms with van der Waals surface area (Å²) >= 11 is 11.6. The van der Waals surface area contributed by atoms with Gasteiger partial charge in [0.2, 0.25) is 0 Å². The summed E-state index contributed by atoms with van der Waals surface area (Å²) in [4.78, 5) is 4.43. The molecule has 4 rings (SSSR count). The summed E-state index contributed by atoms with van der Waals surface area (Å²) in [7, 11) is 1.57. The maximum atomic E-state index is 13.5. The molecule has 0 aliphatic carbocycles. The van der Waals surface area contributed by atoms with E-state index >= 15 is 0 Å².